The maximum atomic E-state index is 12.1. The third-order valence-electron chi connectivity index (χ3n) is 7.35. The SMILES string of the molecule is Cc1cc(CN(CC2CCCC2)C(CC(=O)O)c2ccc(Cl)cc2)ccc1OCCn1c(O)cn(C)c1=O. The third kappa shape index (κ3) is 6.99. The van der Waals surface area contributed by atoms with E-state index in [0.29, 0.717) is 23.2 Å². The second-order valence-corrected chi connectivity index (χ2v) is 10.7. The number of carboxylic acids is 1. The molecule has 204 valence electrons. The summed E-state index contributed by atoms with van der Waals surface area (Å²) >= 11 is 6.12. The Morgan fingerprint density at radius 3 is 2.50 bits per heavy atom. The van der Waals surface area contributed by atoms with Gasteiger partial charge in [-0.15, -0.1) is 0 Å². The first kappa shape index (κ1) is 27.8. The summed E-state index contributed by atoms with van der Waals surface area (Å²) in [6.45, 7) is 3.90. The molecule has 1 fully saturated rings. The van der Waals surface area contributed by atoms with Gasteiger partial charge in [-0.25, -0.2) is 4.79 Å². The van der Waals surface area contributed by atoms with Crippen molar-refractivity contribution in [1.82, 2.24) is 14.0 Å². The Kier molecular flexibility index (Phi) is 9.17. The third-order valence-corrected chi connectivity index (χ3v) is 7.60. The second kappa shape index (κ2) is 12.5. The minimum atomic E-state index is -0.829. The lowest BCUT2D eigenvalue weighted by atomic mass is 9.98. The molecule has 1 heterocycles. The van der Waals surface area contributed by atoms with Gasteiger partial charge in [0.05, 0.1) is 19.2 Å². The fraction of sp³-hybridized carbons (Fsp3) is 0.448. The molecule has 0 amide bonds. The van der Waals surface area contributed by atoms with Crippen molar-refractivity contribution in [3.8, 4) is 11.6 Å². The molecule has 0 saturated heterocycles. The molecular weight excluding hydrogens is 506 g/mol. The quantitative estimate of drug-likeness (QED) is 0.329. The van der Waals surface area contributed by atoms with Gasteiger partial charge in [0.25, 0.3) is 0 Å². The van der Waals surface area contributed by atoms with Crippen LogP contribution in [0.15, 0.2) is 53.5 Å². The second-order valence-electron chi connectivity index (χ2n) is 10.2. The van der Waals surface area contributed by atoms with E-state index in [1.54, 1.807) is 7.05 Å². The van der Waals surface area contributed by atoms with Gasteiger partial charge in [-0.3, -0.25) is 18.8 Å². The summed E-state index contributed by atoms with van der Waals surface area (Å²) in [6, 6.07) is 13.2. The van der Waals surface area contributed by atoms with E-state index < -0.39 is 5.97 Å². The summed E-state index contributed by atoms with van der Waals surface area (Å²) in [4.78, 5) is 26.3. The van der Waals surface area contributed by atoms with Crippen LogP contribution < -0.4 is 10.4 Å². The first-order valence-electron chi connectivity index (χ1n) is 13.1. The number of carbonyl (C=O) groups is 1. The summed E-state index contributed by atoms with van der Waals surface area (Å²) in [6.07, 6.45) is 6.18. The average molecular weight is 542 g/mol. The number of hydrogen-bond acceptors (Lipinski definition) is 5. The highest BCUT2D eigenvalue weighted by Crippen LogP contribution is 2.33. The highest BCUT2D eigenvalue weighted by atomic mass is 35.5. The van der Waals surface area contributed by atoms with Crippen LogP contribution in [0, 0.1) is 12.8 Å². The summed E-state index contributed by atoms with van der Waals surface area (Å²) in [7, 11) is 1.59. The van der Waals surface area contributed by atoms with E-state index in [1.807, 2.05) is 43.3 Å². The Balaban J connectivity index is 1.50. The minimum Gasteiger partial charge on any atom is -0.493 e. The molecule has 0 bridgehead atoms. The molecule has 1 atom stereocenters. The van der Waals surface area contributed by atoms with Crippen LogP contribution in [0.5, 0.6) is 11.6 Å². The van der Waals surface area contributed by atoms with Gasteiger partial charge in [0.2, 0.25) is 5.88 Å². The lowest BCUT2D eigenvalue weighted by Crippen LogP contribution is -2.34. The first-order chi connectivity index (χ1) is 18.2. The molecule has 9 heteroatoms. The maximum absolute atomic E-state index is 12.1. The molecule has 1 aliphatic carbocycles. The summed E-state index contributed by atoms with van der Waals surface area (Å²) < 4.78 is 8.52. The van der Waals surface area contributed by atoms with Crippen LogP contribution in [0.2, 0.25) is 5.02 Å². The predicted molar refractivity (Wildman–Crippen MR) is 147 cm³/mol. The van der Waals surface area contributed by atoms with Crippen LogP contribution in [0.4, 0.5) is 0 Å². The Morgan fingerprint density at radius 1 is 1.18 bits per heavy atom. The van der Waals surface area contributed by atoms with E-state index in [9.17, 15) is 19.8 Å². The molecule has 38 heavy (non-hydrogen) atoms. The number of hydrogen-bond donors (Lipinski definition) is 2. The van der Waals surface area contributed by atoms with Crippen molar-refractivity contribution in [1.29, 1.82) is 0 Å². The number of nitrogens with zero attached hydrogens (tertiary/aromatic N) is 3. The maximum Gasteiger partial charge on any atom is 0.330 e. The van der Waals surface area contributed by atoms with Gasteiger partial charge in [-0.2, -0.15) is 0 Å². The number of benzene rings is 2. The standard InChI is InChI=1S/C29H36ClN3O5/c1-20-15-22(7-12-26(20)38-14-13-33-27(34)19-31(2)29(33)37)18-32(17-21-5-3-4-6-21)25(16-28(35)36)23-8-10-24(30)11-9-23/h7-12,15,19,21,25,34H,3-6,13-14,16-18H2,1-2H3,(H,35,36). The molecular formula is C29H36ClN3O5. The molecule has 1 unspecified atom stereocenters. The lowest BCUT2D eigenvalue weighted by Gasteiger charge is -2.33. The normalized spacial score (nSPS) is 14.7. The number of aliphatic carboxylic acids is 1. The van der Waals surface area contributed by atoms with Crippen LogP contribution in [-0.4, -0.2) is 43.4 Å². The van der Waals surface area contributed by atoms with Crippen LogP contribution >= 0.6 is 11.6 Å². The number of carboxylic acid groups (broad SMARTS) is 1. The molecule has 2 N–H and O–H groups in total. The minimum absolute atomic E-state index is 0.0141. The van der Waals surface area contributed by atoms with Crippen molar-refractivity contribution in [2.75, 3.05) is 13.2 Å². The molecule has 3 aromatic rings. The fourth-order valence-corrected chi connectivity index (χ4v) is 5.51. The van der Waals surface area contributed by atoms with Crippen molar-refractivity contribution in [3.63, 3.8) is 0 Å². The van der Waals surface area contributed by atoms with Gasteiger partial charge in [0.15, 0.2) is 0 Å². The molecule has 4 rings (SSSR count). The van der Waals surface area contributed by atoms with Crippen molar-refractivity contribution < 1.29 is 19.7 Å². The largest absolute Gasteiger partial charge is 0.493 e. The molecule has 1 aliphatic rings. The highest BCUT2D eigenvalue weighted by molar-refractivity contribution is 6.30. The fourth-order valence-electron chi connectivity index (χ4n) is 5.38. The Labute approximate surface area is 228 Å². The van der Waals surface area contributed by atoms with Gasteiger partial charge < -0.3 is 14.9 Å². The van der Waals surface area contributed by atoms with Gasteiger partial charge in [-0.05, 0) is 60.6 Å². The topological polar surface area (TPSA) is 96.9 Å². The van der Waals surface area contributed by atoms with Gasteiger partial charge in [-0.1, -0.05) is 48.7 Å². The van der Waals surface area contributed by atoms with E-state index in [1.165, 1.54) is 41.0 Å². The number of aryl methyl sites for hydroxylation is 2. The molecule has 0 aliphatic heterocycles. The number of halogens is 1. The molecule has 1 saturated carbocycles. The average Bonchev–Trinajstić information content (AvgIpc) is 3.47. The van der Waals surface area contributed by atoms with Crippen molar-refractivity contribution in [3.05, 3.63) is 80.9 Å². The van der Waals surface area contributed by atoms with Crippen LogP contribution in [0.1, 0.15) is 54.8 Å². The number of aromatic nitrogens is 2. The summed E-state index contributed by atoms with van der Waals surface area (Å²) in [5, 5.41) is 20.3. The monoisotopic (exact) mass is 541 g/mol. The highest BCUT2D eigenvalue weighted by Gasteiger charge is 2.27. The predicted octanol–water partition coefficient (Wildman–Crippen LogP) is 5.14. The zero-order chi connectivity index (χ0) is 27.2. The smallest absolute Gasteiger partial charge is 0.330 e. The molecule has 0 spiro atoms. The molecule has 2 aromatic carbocycles. The number of aromatic hydroxyl groups is 1. The van der Waals surface area contributed by atoms with E-state index >= 15 is 0 Å². The number of rotatable bonds is 12. The Morgan fingerprint density at radius 2 is 1.89 bits per heavy atom. The lowest BCUT2D eigenvalue weighted by molar-refractivity contribution is -0.138. The summed E-state index contributed by atoms with van der Waals surface area (Å²) in [5.41, 5.74) is 2.69. The van der Waals surface area contributed by atoms with Crippen molar-refractivity contribution in [2.24, 2.45) is 13.0 Å². The van der Waals surface area contributed by atoms with Crippen molar-refractivity contribution >= 4 is 17.6 Å². The van der Waals surface area contributed by atoms with Crippen LogP contribution in [0.3, 0.4) is 0 Å². The molecule has 0 radical (unpaired) electrons. The number of imidazole rings is 1. The molecule has 1 aromatic heterocycles. The van der Waals surface area contributed by atoms with E-state index in [0.717, 1.165) is 23.2 Å². The van der Waals surface area contributed by atoms with Crippen LogP contribution in [0.25, 0.3) is 0 Å². The van der Waals surface area contributed by atoms with Gasteiger partial charge in [0.1, 0.15) is 12.4 Å². The molecule has 8 nitrogen and oxygen atoms in total. The van der Waals surface area contributed by atoms with Gasteiger partial charge >= 0.3 is 11.7 Å². The zero-order valence-electron chi connectivity index (χ0n) is 22.0. The van der Waals surface area contributed by atoms with Crippen molar-refractivity contribution in [2.45, 2.75) is 58.2 Å². The van der Waals surface area contributed by atoms with E-state index in [2.05, 4.69) is 11.0 Å². The Bertz CT molecular complexity index is 1290. The van der Waals surface area contributed by atoms with Gasteiger partial charge in [0, 0.05) is 31.2 Å². The first-order valence-corrected chi connectivity index (χ1v) is 13.5. The number of ether oxygens (including phenoxy) is 1. The van der Waals surface area contributed by atoms with Crippen LogP contribution in [-0.2, 0) is 24.9 Å². The Hall–Kier alpha value is -3.23. The summed E-state index contributed by atoms with van der Waals surface area (Å²) in [5.74, 6) is 0.344. The van der Waals surface area contributed by atoms with E-state index in [4.69, 9.17) is 16.3 Å². The van der Waals surface area contributed by atoms with E-state index in [-0.39, 0.29) is 37.2 Å². The zero-order valence-corrected chi connectivity index (χ0v) is 22.7.